The highest BCUT2D eigenvalue weighted by Gasteiger charge is 2.36. The molecule has 0 amide bonds. The lowest BCUT2D eigenvalue weighted by Crippen LogP contribution is -2.40. The van der Waals surface area contributed by atoms with Crippen LogP contribution in [-0.2, 0) is 9.22 Å². The van der Waals surface area contributed by atoms with E-state index in [9.17, 15) is 4.79 Å². The number of carbonyl (C=O) groups excluding carboxylic acids is 1. The molecule has 5 heteroatoms. The Hall–Kier alpha value is 0.287. The van der Waals surface area contributed by atoms with Gasteiger partial charge in [-0.3, -0.25) is 4.79 Å². The first-order valence-electron chi connectivity index (χ1n) is 7.75. The fourth-order valence-corrected chi connectivity index (χ4v) is 3.34. The Labute approximate surface area is 143 Å². The van der Waals surface area contributed by atoms with Crippen LogP contribution >= 0.6 is 25.3 Å². The molecule has 0 aliphatic carbocycles. The zero-order valence-corrected chi connectivity index (χ0v) is 17.0. The van der Waals surface area contributed by atoms with Crippen molar-refractivity contribution in [1.82, 2.24) is 0 Å². The maximum absolute atomic E-state index is 10.8. The molecule has 0 spiro atoms. The third-order valence-corrected chi connectivity index (χ3v) is 9.19. The summed E-state index contributed by atoms with van der Waals surface area (Å²) in [6, 6.07) is 0. The molecular formula is C16H32O2S2Si. The van der Waals surface area contributed by atoms with E-state index in [0.29, 0.717) is 6.42 Å². The summed E-state index contributed by atoms with van der Waals surface area (Å²) in [6.07, 6.45) is 8.85. The minimum Gasteiger partial charge on any atom is -0.417 e. The van der Waals surface area contributed by atoms with Crippen molar-refractivity contribution >= 4 is 38.7 Å². The predicted molar refractivity (Wildman–Crippen MR) is 102 cm³/mol. The van der Waals surface area contributed by atoms with Gasteiger partial charge < -0.3 is 4.43 Å². The van der Waals surface area contributed by atoms with E-state index in [1.54, 1.807) is 0 Å². The van der Waals surface area contributed by atoms with Gasteiger partial charge in [0.2, 0.25) is 0 Å². The number of thiol groups is 2. The summed E-state index contributed by atoms with van der Waals surface area (Å²) in [4.78, 5) is 10.8. The Morgan fingerprint density at radius 3 is 2.33 bits per heavy atom. The van der Waals surface area contributed by atoms with E-state index >= 15 is 0 Å². The number of allylic oxidation sites excluding steroid dienone is 2. The molecule has 0 heterocycles. The smallest absolute Gasteiger partial charge is 0.191 e. The van der Waals surface area contributed by atoms with E-state index < -0.39 is 8.32 Å². The van der Waals surface area contributed by atoms with E-state index in [-0.39, 0.29) is 15.4 Å². The Morgan fingerprint density at radius 1 is 1.24 bits per heavy atom. The van der Waals surface area contributed by atoms with Crippen molar-refractivity contribution in [1.29, 1.82) is 0 Å². The fourth-order valence-electron chi connectivity index (χ4n) is 1.57. The van der Waals surface area contributed by atoms with Crippen LogP contribution in [0.1, 0.15) is 52.9 Å². The van der Waals surface area contributed by atoms with Crippen LogP contribution in [0.25, 0.3) is 0 Å². The summed E-state index contributed by atoms with van der Waals surface area (Å²) in [6.45, 7) is 12.2. The first-order valence-corrected chi connectivity index (χ1v) is 11.6. The van der Waals surface area contributed by atoms with Gasteiger partial charge >= 0.3 is 0 Å². The quantitative estimate of drug-likeness (QED) is 0.243. The van der Waals surface area contributed by atoms with E-state index in [4.69, 9.17) is 4.43 Å². The van der Waals surface area contributed by atoms with Gasteiger partial charge in [0, 0.05) is 18.3 Å². The first-order chi connectivity index (χ1) is 9.56. The van der Waals surface area contributed by atoms with Gasteiger partial charge in [-0.1, -0.05) is 32.9 Å². The van der Waals surface area contributed by atoms with Crippen molar-refractivity contribution in [3.8, 4) is 0 Å². The van der Waals surface area contributed by atoms with E-state index in [1.807, 2.05) is 0 Å². The second-order valence-corrected chi connectivity index (χ2v) is 13.1. The lowest BCUT2D eigenvalue weighted by atomic mass is 10.1. The molecule has 0 radical (unpaired) electrons. The lowest BCUT2D eigenvalue weighted by Gasteiger charge is -2.36. The van der Waals surface area contributed by atoms with Crippen LogP contribution in [-0.4, -0.2) is 25.3 Å². The van der Waals surface area contributed by atoms with Crippen molar-refractivity contribution in [2.24, 2.45) is 0 Å². The molecule has 0 saturated carbocycles. The summed E-state index contributed by atoms with van der Waals surface area (Å²) in [7, 11) is -1.58. The van der Waals surface area contributed by atoms with Crippen LogP contribution < -0.4 is 0 Å². The van der Waals surface area contributed by atoms with E-state index in [2.05, 4.69) is 71.3 Å². The summed E-state index contributed by atoms with van der Waals surface area (Å²) >= 11 is 8.13. The summed E-state index contributed by atoms with van der Waals surface area (Å²) < 4.78 is 6.13. The number of hydrogen-bond donors (Lipinski definition) is 2. The van der Waals surface area contributed by atoms with Crippen molar-refractivity contribution in [3.63, 3.8) is 0 Å². The van der Waals surface area contributed by atoms with Crippen LogP contribution in [0.3, 0.4) is 0 Å². The van der Waals surface area contributed by atoms with Gasteiger partial charge in [-0.2, -0.15) is 12.6 Å². The number of rotatable bonds is 10. The topological polar surface area (TPSA) is 26.3 Å². The fraction of sp³-hybridized carbons (Fsp3) is 0.812. The van der Waals surface area contributed by atoms with Crippen molar-refractivity contribution in [2.45, 2.75) is 76.3 Å². The second-order valence-electron chi connectivity index (χ2n) is 7.05. The molecule has 0 fully saturated rings. The van der Waals surface area contributed by atoms with Gasteiger partial charge in [0.1, 0.15) is 0 Å². The minimum atomic E-state index is -1.58. The highest BCUT2D eigenvalue weighted by Crippen LogP contribution is 2.36. The van der Waals surface area contributed by atoms with Gasteiger partial charge in [-0.05, 0) is 43.8 Å². The average molecular weight is 349 g/mol. The van der Waals surface area contributed by atoms with Crippen LogP contribution in [0.15, 0.2) is 12.2 Å². The van der Waals surface area contributed by atoms with Gasteiger partial charge in [-0.25, -0.2) is 0 Å². The Morgan fingerprint density at radius 2 is 1.81 bits per heavy atom. The highest BCUT2D eigenvalue weighted by molar-refractivity contribution is 7.96. The normalized spacial score (nSPS) is 14.6. The predicted octanol–water partition coefficient (Wildman–Crippen LogP) is 5.27. The van der Waals surface area contributed by atoms with Gasteiger partial charge in [0.15, 0.2) is 13.4 Å². The molecule has 21 heavy (non-hydrogen) atoms. The largest absolute Gasteiger partial charge is 0.417 e. The van der Waals surface area contributed by atoms with E-state index in [0.717, 1.165) is 32.3 Å². The monoisotopic (exact) mass is 348 g/mol. The zero-order valence-electron chi connectivity index (χ0n) is 14.2. The van der Waals surface area contributed by atoms with Gasteiger partial charge in [0.25, 0.3) is 0 Å². The van der Waals surface area contributed by atoms with Crippen molar-refractivity contribution in [3.05, 3.63) is 12.2 Å². The van der Waals surface area contributed by atoms with Crippen LogP contribution in [0, 0.1) is 0 Å². The maximum atomic E-state index is 10.8. The average Bonchev–Trinajstić information content (AvgIpc) is 2.30. The molecule has 0 aromatic heterocycles. The Kier molecular flexibility index (Phi) is 10.3. The first kappa shape index (κ1) is 21.3. The summed E-state index contributed by atoms with van der Waals surface area (Å²) in [5.74, 6) is 0. The molecule has 0 bridgehead atoms. The van der Waals surface area contributed by atoms with Crippen LogP contribution in [0.2, 0.25) is 18.1 Å². The number of unbranched alkanes of at least 4 members (excludes halogenated alkanes) is 1. The molecule has 0 aliphatic heterocycles. The second kappa shape index (κ2) is 10.1. The van der Waals surface area contributed by atoms with E-state index in [1.165, 1.54) is 0 Å². The molecule has 124 valence electrons. The standard InChI is InChI=1S/C16H32O2S2Si/c1-16(2,3)21(4,5)18-12-10-8-6-7-9-11-14(19)13-15(17)20/h6-7,14,19H,8-13H2,1-5H3,(H,17,20)/b7-6+. The van der Waals surface area contributed by atoms with Gasteiger partial charge in [0.05, 0.1) is 0 Å². The molecule has 0 aromatic carbocycles. The lowest BCUT2D eigenvalue weighted by molar-refractivity contribution is -0.110. The summed E-state index contributed by atoms with van der Waals surface area (Å²) in [5.41, 5.74) is 0. The zero-order chi connectivity index (χ0) is 16.5. The van der Waals surface area contributed by atoms with Crippen LogP contribution in [0.4, 0.5) is 0 Å². The number of hydrogen-bond acceptors (Lipinski definition) is 3. The Balaban J connectivity index is 3.68. The Bertz CT molecular complexity index is 336. The van der Waals surface area contributed by atoms with Crippen LogP contribution in [0.5, 0.6) is 0 Å². The highest BCUT2D eigenvalue weighted by atomic mass is 32.1. The number of carbonyl (C=O) groups is 1. The molecule has 1 unspecified atom stereocenters. The third kappa shape index (κ3) is 10.6. The third-order valence-electron chi connectivity index (χ3n) is 4.03. The van der Waals surface area contributed by atoms with Crippen molar-refractivity contribution < 1.29 is 9.22 Å². The molecule has 0 aliphatic rings. The SMILES string of the molecule is CC(C)(C)[Si](C)(C)OCCC/C=C/CCC(S)CC(=O)S. The molecule has 0 saturated heterocycles. The van der Waals surface area contributed by atoms with Gasteiger partial charge in [-0.15, -0.1) is 12.6 Å². The molecular weight excluding hydrogens is 316 g/mol. The molecule has 0 aromatic rings. The molecule has 2 nitrogen and oxygen atoms in total. The molecule has 0 N–H and O–H groups in total. The maximum Gasteiger partial charge on any atom is 0.191 e. The molecule has 0 rings (SSSR count). The molecule has 1 atom stereocenters. The summed E-state index contributed by atoms with van der Waals surface area (Å²) in [5, 5.41) is 0.331. The van der Waals surface area contributed by atoms with Crippen molar-refractivity contribution in [2.75, 3.05) is 6.61 Å². The minimum absolute atomic E-state index is 0.0817.